The number of nitrogens with one attached hydrogen (secondary N) is 1. The Labute approximate surface area is 112 Å². The first kappa shape index (κ1) is 14.0. The van der Waals surface area contributed by atoms with Gasteiger partial charge in [-0.15, -0.1) is 11.6 Å². The molecule has 0 amide bonds. The molecule has 1 aromatic carbocycles. The van der Waals surface area contributed by atoms with Crippen LogP contribution in [0.5, 0.6) is 0 Å². The number of rotatable bonds is 7. The molecule has 1 N–H and O–H groups in total. The molecule has 0 aliphatic heterocycles. The highest BCUT2D eigenvalue weighted by Crippen LogP contribution is 2.11. The smallest absolute Gasteiger partial charge is 0.0226 e. The quantitative estimate of drug-likeness (QED) is 0.745. The summed E-state index contributed by atoms with van der Waals surface area (Å²) in [5.41, 5.74) is 1.32. The van der Waals surface area contributed by atoms with Gasteiger partial charge in [-0.3, -0.25) is 0 Å². The summed E-state index contributed by atoms with van der Waals surface area (Å²) in [6, 6.07) is 8.43. The van der Waals surface area contributed by atoms with Crippen molar-refractivity contribution in [2.75, 3.05) is 12.4 Å². The highest BCUT2D eigenvalue weighted by Gasteiger charge is 2.04. The van der Waals surface area contributed by atoms with Crippen LogP contribution in [0.1, 0.15) is 25.3 Å². The molecule has 90 valence electrons. The summed E-state index contributed by atoms with van der Waals surface area (Å²) in [6.45, 7) is 4.21. The first-order valence-corrected chi connectivity index (χ1v) is 7.10. The van der Waals surface area contributed by atoms with E-state index in [4.69, 9.17) is 11.6 Å². The molecule has 16 heavy (non-hydrogen) atoms. The number of hydrogen-bond donors (Lipinski definition) is 1. The molecule has 0 fully saturated rings. The first-order valence-electron chi connectivity index (χ1n) is 5.77. The maximum atomic E-state index is 5.76. The molecule has 0 saturated heterocycles. The van der Waals surface area contributed by atoms with E-state index in [0.717, 1.165) is 29.9 Å². The molecule has 0 radical (unpaired) electrons. The Balaban J connectivity index is 2.26. The van der Waals surface area contributed by atoms with Crippen molar-refractivity contribution in [2.24, 2.45) is 5.92 Å². The van der Waals surface area contributed by atoms with Crippen LogP contribution in [0.2, 0.25) is 0 Å². The van der Waals surface area contributed by atoms with Crippen molar-refractivity contribution < 1.29 is 0 Å². The van der Waals surface area contributed by atoms with Gasteiger partial charge in [0.15, 0.2) is 0 Å². The zero-order valence-corrected chi connectivity index (χ0v) is 12.0. The predicted octanol–water partition coefficient (Wildman–Crippen LogP) is 4.19. The van der Waals surface area contributed by atoms with E-state index in [1.807, 2.05) is 0 Å². The Morgan fingerprint density at radius 2 is 2.00 bits per heavy atom. The molecule has 1 unspecified atom stereocenters. The van der Waals surface area contributed by atoms with Gasteiger partial charge in [-0.25, -0.2) is 0 Å². The molecular formula is C13H19BrClN. The molecule has 1 aromatic rings. The maximum absolute atomic E-state index is 5.76. The summed E-state index contributed by atoms with van der Waals surface area (Å²) in [5.74, 6) is 1.46. The van der Waals surface area contributed by atoms with Crippen molar-refractivity contribution in [1.29, 1.82) is 0 Å². The van der Waals surface area contributed by atoms with E-state index in [-0.39, 0.29) is 0 Å². The minimum absolute atomic E-state index is 0.702. The van der Waals surface area contributed by atoms with Crippen LogP contribution in [0.3, 0.4) is 0 Å². The Bertz CT molecular complexity index is 286. The predicted molar refractivity (Wildman–Crippen MR) is 75.0 cm³/mol. The molecule has 0 aliphatic rings. The van der Waals surface area contributed by atoms with Gasteiger partial charge < -0.3 is 5.32 Å². The molecule has 1 nitrogen and oxygen atoms in total. The van der Waals surface area contributed by atoms with E-state index in [1.165, 1.54) is 12.0 Å². The fraction of sp³-hybridized carbons (Fsp3) is 0.538. The summed E-state index contributed by atoms with van der Waals surface area (Å²) < 4.78 is 1.13. The van der Waals surface area contributed by atoms with Crippen LogP contribution in [0.15, 0.2) is 28.7 Å². The van der Waals surface area contributed by atoms with Gasteiger partial charge in [0.1, 0.15) is 0 Å². The summed E-state index contributed by atoms with van der Waals surface area (Å²) in [7, 11) is 0. The van der Waals surface area contributed by atoms with Gasteiger partial charge in [-0.05, 0) is 36.6 Å². The lowest BCUT2D eigenvalue weighted by Gasteiger charge is -2.14. The van der Waals surface area contributed by atoms with Crippen molar-refractivity contribution in [1.82, 2.24) is 5.32 Å². The van der Waals surface area contributed by atoms with Crippen LogP contribution in [0, 0.1) is 5.92 Å². The van der Waals surface area contributed by atoms with Crippen LogP contribution in [-0.2, 0) is 6.54 Å². The zero-order valence-electron chi connectivity index (χ0n) is 9.68. The maximum Gasteiger partial charge on any atom is 0.0226 e. The van der Waals surface area contributed by atoms with Crippen molar-refractivity contribution >= 4 is 27.5 Å². The average molecular weight is 305 g/mol. The number of halogens is 2. The third-order valence-electron chi connectivity index (χ3n) is 2.77. The average Bonchev–Trinajstić information content (AvgIpc) is 2.30. The van der Waals surface area contributed by atoms with E-state index in [9.17, 15) is 0 Å². The summed E-state index contributed by atoms with van der Waals surface area (Å²) in [4.78, 5) is 0. The van der Waals surface area contributed by atoms with Gasteiger partial charge in [0, 0.05) is 16.9 Å². The molecular weight excluding hydrogens is 286 g/mol. The van der Waals surface area contributed by atoms with Crippen LogP contribution < -0.4 is 5.32 Å². The van der Waals surface area contributed by atoms with Gasteiger partial charge in [0.2, 0.25) is 0 Å². The van der Waals surface area contributed by atoms with Crippen LogP contribution in [0.25, 0.3) is 0 Å². The zero-order chi connectivity index (χ0) is 11.8. The van der Waals surface area contributed by atoms with Crippen LogP contribution in [0.4, 0.5) is 0 Å². The van der Waals surface area contributed by atoms with Gasteiger partial charge >= 0.3 is 0 Å². The lowest BCUT2D eigenvalue weighted by Crippen LogP contribution is -2.22. The summed E-state index contributed by atoms with van der Waals surface area (Å²) in [5, 5.41) is 3.48. The lowest BCUT2D eigenvalue weighted by atomic mass is 10.0. The Morgan fingerprint density at radius 3 is 2.56 bits per heavy atom. The standard InChI is InChI=1S/C13H19BrClN/c1-2-11(7-8-15)9-16-10-12-3-5-13(14)6-4-12/h3-6,11,16H,2,7-10H2,1H3. The van der Waals surface area contributed by atoms with Crippen molar-refractivity contribution in [3.63, 3.8) is 0 Å². The Kier molecular flexibility index (Phi) is 7.10. The van der Waals surface area contributed by atoms with Crippen LogP contribution in [-0.4, -0.2) is 12.4 Å². The van der Waals surface area contributed by atoms with Gasteiger partial charge in [0.05, 0.1) is 0 Å². The van der Waals surface area contributed by atoms with E-state index in [1.54, 1.807) is 0 Å². The highest BCUT2D eigenvalue weighted by atomic mass is 79.9. The molecule has 1 rings (SSSR count). The molecule has 0 aliphatic carbocycles. The topological polar surface area (TPSA) is 12.0 Å². The van der Waals surface area contributed by atoms with Crippen LogP contribution >= 0.6 is 27.5 Å². The fourth-order valence-electron chi connectivity index (χ4n) is 1.63. The second-order valence-corrected chi connectivity index (χ2v) is 5.30. The van der Waals surface area contributed by atoms with E-state index < -0.39 is 0 Å². The highest BCUT2D eigenvalue weighted by molar-refractivity contribution is 9.10. The Hall–Kier alpha value is -0.0500. The molecule has 0 heterocycles. The number of hydrogen-bond acceptors (Lipinski definition) is 1. The van der Waals surface area contributed by atoms with E-state index >= 15 is 0 Å². The lowest BCUT2D eigenvalue weighted by molar-refractivity contribution is 0.451. The normalized spacial score (nSPS) is 12.7. The molecule has 0 bridgehead atoms. The number of alkyl halides is 1. The fourth-order valence-corrected chi connectivity index (χ4v) is 2.20. The molecule has 1 atom stereocenters. The minimum Gasteiger partial charge on any atom is -0.312 e. The van der Waals surface area contributed by atoms with Gasteiger partial charge in [-0.2, -0.15) is 0 Å². The first-order chi connectivity index (χ1) is 7.76. The molecule has 0 spiro atoms. The van der Waals surface area contributed by atoms with Crippen molar-refractivity contribution in [3.05, 3.63) is 34.3 Å². The second-order valence-electron chi connectivity index (χ2n) is 4.01. The third kappa shape index (κ3) is 5.33. The molecule has 0 saturated carbocycles. The van der Waals surface area contributed by atoms with Gasteiger partial charge in [-0.1, -0.05) is 41.4 Å². The van der Waals surface area contributed by atoms with Crippen molar-refractivity contribution in [3.8, 4) is 0 Å². The second kappa shape index (κ2) is 8.10. The third-order valence-corrected chi connectivity index (χ3v) is 3.52. The van der Waals surface area contributed by atoms with Gasteiger partial charge in [0.25, 0.3) is 0 Å². The number of benzene rings is 1. The minimum atomic E-state index is 0.702. The van der Waals surface area contributed by atoms with E-state index in [2.05, 4.69) is 52.4 Å². The Morgan fingerprint density at radius 1 is 1.31 bits per heavy atom. The van der Waals surface area contributed by atoms with E-state index in [0.29, 0.717) is 5.92 Å². The largest absolute Gasteiger partial charge is 0.312 e. The monoisotopic (exact) mass is 303 g/mol. The molecule has 0 aromatic heterocycles. The molecule has 3 heteroatoms. The van der Waals surface area contributed by atoms with Crippen molar-refractivity contribution in [2.45, 2.75) is 26.3 Å². The SMILES string of the molecule is CCC(CCCl)CNCc1ccc(Br)cc1. The summed E-state index contributed by atoms with van der Waals surface area (Å²) in [6.07, 6.45) is 2.30. The summed E-state index contributed by atoms with van der Waals surface area (Å²) >= 11 is 9.19.